The molecule has 0 aliphatic rings. The molecular weight excluding hydrogens is 234 g/mol. The van der Waals surface area contributed by atoms with Crippen molar-refractivity contribution in [3.8, 4) is 0 Å². The van der Waals surface area contributed by atoms with E-state index in [1.807, 2.05) is 12.3 Å². The number of halogens is 1. The summed E-state index contributed by atoms with van der Waals surface area (Å²) in [6.07, 6.45) is 1.45. The third kappa shape index (κ3) is 1.60. The smallest absolute Gasteiger partial charge is 0.340 e. The van der Waals surface area contributed by atoms with Crippen molar-refractivity contribution in [1.29, 1.82) is 0 Å². The highest BCUT2D eigenvalue weighted by molar-refractivity contribution is 7.17. The van der Waals surface area contributed by atoms with Gasteiger partial charge in [0.15, 0.2) is 0 Å². The molecule has 0 unspecified atom stereocenters. The van der Waals surface area contributed by atoms with Crippen molar-refractivity contribution in [2.45, 2.75) is 6.92 Å². The standard InChI is InChI=1S/C10H8ClNO2S/c1-5-4-15-8-6(10(13)14-2)3-12-9(11)7(5)8/h3-4H,1-2H3. The lowest BCUT2D eigenvalue weighted by Gasteiger charge is -2.01. The molecule has 2 aromatic rings. The second-order valence-electron chi connectivity index (χ2n) is 3.08. The normalized spacial score (nSPS) is 10.6. The van der Waals surface area contributed by atoms with Gasteiger partial charge in [-0.1, -0.05) is 11.6 Å². The van der Waals surface area contributed by atoms with Gasteiger partial charge in [-0.2, -0.15) is 0 Å². The zero-order valence-corrected chi connectivity index (χ0v) is 9.78. The summed E-state index contributed by atoms with van der Waals surface area (Å²) in [5, 5.41) is 3.21. The van der Waals surface area contributed by atoms with Crippen molar-refractivity contribution >= 4 is 39.0 Å². The molecule has 0 amide bonds. The van der Waals surface area contributed by atoms with E-state index >= 15 is 0 Å². The molecule has 0 aliphatic heterocycles. The third-order valence-corrected chi connectivity index (χ3v) is 3.56. The third-order valence-electron chi connectivity index (χ3n) is 2.14. The first kappa shape index (κ1) is 10.4. The number of pyridine rings is 1. The average Bonchev–Trinajstić information content (AvgIpc) is 2.61. The molecule has 0 saturated heterocycles. The van der Waals surface area contributed by atoms with Crippen molar-refractivity contribution < 1.29 is 9.53 Å². The largest absolute Gasteiger partial charge is 0.465 e. The SMILES string of the molecule is COC(=O)c1cnc(Cl)c2c(C)csc12. The van der Waals surface area contributed by atoms with E-state index in [4.69, 9.17) is 11.6 Å². The van der Waals surface area contributed by atoms with Gasteiger partial charge in [0.2, 0.25) is 0 Å². The van der Waals surface area contributed by atoms with Crippen LogP contribution in [-0.4, -0.2) is 18.1 Å². The summed E-state index contributed by atoms with van der Waals surface area (Å²) in [5.74, 6) is -0.383. The van der Waals surface area contributed by atoms with Crippen LogP contribution in [0.15, 0.2) is 11.6 Å². The Balaban J connectivity index is 2.78. The molecule has 0 radical (unpaired) electrons. The number of hydrogen-bond donors (Lipinski definition) is 0. The summed E-state index contributed by atoms with van der Waals surface area (Å²) in [6, 6.07) is 0. The van der Waals surface area contributed by atoms with Crippen LogP contribution in [0.1, 0.15) is 15.9 Å². The first-order valence-corrected chi connectivity index (χ1v) is 5.51. The van der Waals surface area contributed by atoms with Crippen LogP contribution >= 0.6 is 22.9 Å². The molecule has 5 heteroatoms. The lowest BCUT2D eigenvalue weighted by Crippen LogP contribution is -2.02. The van der Waals surface area contributed by atoms with Gasteiger partial charge in [0.05, 0.1) is 17.4 Å². The second kappa shape index (κ2) is 3.79. The minimum absolute atomic E-state index is 0.383. The Bertz CT molecular complexity index is 535. The summed E-state index contributed by atoms with van der Waals surface area (Å²) in [7, 11) is 1.35. The topological polar surface area (TPSA) is 39.2 Å². The Labute approximate surface area is 95.6 Å². The molecule has 0 spiro atoms. The summed E-state index contributed by atoms with van der Waals surface area (Å²) >= 11 is 7.44. The van der Waals surface area contributed by atoms with Crippen molar-refractivity contribution in [3.05, 3.63) is 27.9 Å². The van der Waals surface area contributed by atoms with Crippen LogP contribution in [0.25, 0.3) is 10.1 Å². The first-order valence-electron chi connectivity index (χ1n) is 4.25. The predicted octanol–water partition coefficient (Wildman–Crippen LogP) is 3.04. The number of esters is 1. The number of carbonyl (C=O) groups is 1. The Morgan fingerprint density at radius 2 is 2.33 bits per heavy atom. The fourth-order valence-electron chi connectivity index (χ4n) is 1.40. The lowest BCUT2D eigenvalue weighted by atomic mass is 10.2. The summed E-state index contributed by atoms with van der Waals surface area (Å²) < 4.78 is 5.51. The number of aromatic nitrogens is 1. The van der Waals surface area contributed by atoms with E-state index in [1.54, 1.807) is 0 Å². The molecule has 2 rings (SSSR count). The van der Waals surface area contributed by atoms with Crippen LogP contribution in [0.4, 0.5) is 0 Å². The zero-order chi connectivity index (χ0) is 11.0. The van der Waals surface area contributed by atoms with Gasteiger partial charge in [-0.3, -0.25) is 0 Å². The van der Waals surface area contributed by atoms with E-state index in [9.17, 15) is 4.79 Å². The summed E-state index contributed by atoms with van der Waals surface area (Å²) in [6.45, 7) is 1.94. The number of hydrogen-bond acceptors (Lipinski definition) is 4. The Hall–Kier alpha value is -1.13. The van der Waals surface area contributed by atoms with Crippen LogP contribution in [0.2, 0.25) is 5.15 Å². The molecule has 0 aliphatic carbocycles. The molecule has 78 valence electrons. The van der Waals surface area contributed by atoms with Crippen molar-refractivity contribution in [2.75, 3.05) is 7.11 Å². The monoisotopic (exact) mass is 241 g/mol. The van der Waals surface area contributed by atoms with Crippen LogP contribution in [-0.2, 0) is 4.74 Å². The molecule has 0 atom stereocenters. The highest BCUT2D eigenvalue weighted by Crippen LogP contribution is 2.32. The maximum atomic E-state index is 11.4. The number of thiophene rings is 1. The van der Waals surface area contributed by atoms with Crippen LogP contribution in [0.3, 0.4) is 0 Å². The van der Waals surface area contributed by atoms with Gasteiger partial charge in [0.1, 0.15) is 5.15 Å². The van der Waals surface area contributed by atoms with E-state index < -0.39 is 0 Å². The van der Waals surface area contributed by atoms with Crippen LogP contribution < -0.4 is 0 Å². The Kier molecular flexibility index (Phi) is 2.63. The van der Waals surface area contributed by atoms with Crippen molar-refractivity contribution in [3.63, 3.8) is 0 Å². The fraction of sp³-hybridized carbons (Fsp3) is 0.200. The molecular formula is C10H8ClNO2S. The van der Waals surface area contributed by atoms with Crippen molar-refractivity contribution in [2.24, 2.45) is 0 Å². The molecule has 0 saturated carbocycles. The molecule has 15 heavy (non-hydrogen) atoms. The number of methoxy groups -OCH3 is 1. The molecule has 2 heterocycles. The van der Waals surface area contributed by atoms with Gasteiger partial charge in [-0.25, -0.2) is 9.78 Å². The van der Waals surface area contributed by atoms with Gasteiger partial charge in [0, 0.05) is 11.6 Å². The average molecular weight is 242 g/mol. The van der Waals surface area contributed by atoms with E-state index in [0.717, 1.165) is 15.6 Å². The predicted molar refractivity (Wildman–Crippen MR) is 60.7 cm³/mol. The zero-order valence-electron chi connectivity index (χ0n) is 8.20. The number of rotatable bonds is 1. The van der Waals surface area contributed by atoms with Gasteiger partial charge in [-0.15, -0.1) is 11.3 Å². The number of fused-ring (bicyclic) bond motifs is 1. The van der Waals surface area contributed by atoms with Gasteiger partial charge < -0.3 is 4.74 Å². The molecule has 2 aromatic heterocycles. The number of aryl methyl sites for hydroxylation is 1. The number of ether oxygens (including phenoxy) is 1. The lowest BCUT2D eigenvalue weighted by molar-refractivity contribution is 0.0603. The highest BCUT2D eigenvalue weighted by Gasteiger charge is 2.16. The van der Waals surface area contributed by atoms with E-state index in [1.165, 1.54) is 24.6 Å². The minimum Gasteiger partial charge on any atom is -0.465 e. The van der Waals surface area contributed by atoms with Crippen LogP contribution in [0.5, 0.6) is 0 Å². The maximum absolute atomic E-state index is 11.4. The molecule has 0 fully saturated rings. The Morgan fingerprint density at radius 3 is 3.00 bits per heavy atom. The molecule has 0 bridgehead atoms. The maximum Gasteiger partial charge on any atom is 0.340 e. The second-order valence-corrected chi connectivity index (χ2v) is 4.31. The Morgan fingerprint density at radius 1 is 1.60 bits per heavy atom. The van der Waals surface area contributed by atoms with Gasteiger partial charge in [0.25, 0.3) is 0 Å². The van der Waals surface area contributed by atoms with E-state index in [0.29, 0.717) is 10.7 Å². The number of nitrogens with zero attached hydrogens (tertiary/aromatic N) is 1. The minimum atomic E-state index is -0.383. The first-order chi connectivity index (χ1) is 7.15. The molecule has 3 nitrogen and oxygen atoms in total. The van der Waals surface area contributed by atoms with Crippen molar-refractivity contribution in [1.82, 2.24) is 4.98 Å². The summed E-state index contributed by atoms with van der Waals surface area (Å²) in [5.41, 5.74) is 1.49. The molecule has 0 N–H and O–H groups in total. The highest BCUT2D eigenvalue weighted by atomic mass is 35.5. The van der Waals surface area contributed by atoms with E-state index in [2.05, 4.69) is 9.72 Å². The van der Waals surface area contributed by atoms with Gasteiger partial charge in [-0.05, 0) is 17.9 Å². The molecule has 0 aromatic carbocycles. The number of carbonyl (C=O) groups excluding carboxylic acids is 1. The van der Waals surface area contributed by atoms with Crippen LogP contribution in [0, 0.1) is 6.92 Å². The quantitative estimate of drug-likeness (QED) is 0.569. The van der Waals surface area contributed by atoms with E-state index in [-0.39, 0.29) is 5.97 Å². The summed E-state index contributed by atoms with van der Waals surface area (Å²) in [4.78, 5) is 15.4. The fourth-order valence-corrected chi connectivity index (χ4v) is 2.80. The van der Waals surface area contributed by atoms with Gasteiger partial charge >= 0.3 is 5.97 Å².